The molecule has 92 valence electrons. The maximum Gasteiger partial charge on any atom is 0.0727 e. The summed E-state index contributed by atoms with van der Waals surface area (Å²) >= 11 is 4.92. The molecule has 0 spiro atoms. The molecule has 2 nitrogen and oxygen atoms in total. The van der Waals surface area contributed by atoms with Gasteiger partial charge in [-0.15, -0.1) is 0 Å². The van der Waals surface area contributed by atoms with Gasteiger partial charge in [0.25, 0.3) is 0 Å². The second-order valence-corrected chi connectivity index (χ2v) is 5.28. The molecular weight excluding hydrogens is 228 g/mol. The number of rotatable bonds is 7. The van der Waals surface area contributed by atoms with Crippen molar-refractivity contribution in [3.05, 3.63) is 35.9 Å². The van der Waals surface area contributed by atoms with Crippen molar-refractivity contribution < 1.29 is 0 Å². The first kappa shape index (κ1) is 12.5. The van der Waals surface area contributed by atoms with Gasteiger partial charge in [0, 0.05) is 12.6 Å². The van der Waals surface area contributed by atoms with Gasteiger partial charge in [-0.1, -0.05) is 42.5 Å². The molecule has 1 aromatic rings. The Balaban J connectivity index is 1.83. The molecule has 0 heterocycles. The normalized spacial score (nSPS) is 15.1. The molecule has 17 heavy (non-hydrogen) atoms. The Bertz CT molecular complexity index is 360. The van der Waals surface area contributed by atoms with E-state index in [1.807, 2.05) is 0 Å². The lowest BCUT2D eigenvalue weighted by Gasteiger charge is -2.21. The van der Waals surface area contributed by atoms with Crippen molar-refractivity contribution >= 4 is 17.2 Å². The van der Waals surface area contributed by atoms with Gasteiger partial charge in [0.2, 0.25) is 0 Å². The molecular formula is C14H20N2S. The largest absolute Gasteiger partial charge is 0.393 e. The summed E-state index contributed by atoms with van der Waals surface area (Å²) in [4.78, 5) is 3.20. The van der Waals surface area contributed by atoms with E-state index in [9.17, 15) is 0 Å². The van der Waals surface area contributed by atoms with E-state index in [-0.39, 0.29) is 0 Å². The molecule has 1 aromatic carbocycles. The molecule has 0 radical (unpaired) electrons. The lowest BCUT2D eigenvalue weighted by Crippen LogP contribution is -2.27. The maximum absolute atomic E-state index is 5.54. The Kier molecular flexibility index (Phi) is 4.51. The molecule has 1 fully saturated rings. The molecule has 1 aliphatic rings. The molecule has 2 N–H and O–H groups in total. The standard InChI is InChI=1S/C14H20N2S/c15-14(17)7-4-10-16(13-8-9-13)11-12-5-2-1-3-6-12/h1-3,5-6,13H,4,7-11H2,(H2,15,17). The number of hydrogen-bond donors (Lipinski definition) is 1. The number of nitrogens with two attached hydrogens (primary N) is 1. The van der Waals surface area contributed by atoms with Crippen LogP contribution in [0.1, 0.15) is 31.2 Å². The Morgan fingerprint density at radius 1 is 1.29 bits per heavy atom. The van der Waals surface area contributed by atoms with Crippen molar-refractivity contribution in [3.63, 3.8) is 0 Å². The molecule has 0 amide bonds. The van der Waals surface area contributed by atoms with E-state index >= 15 is 0 Å². The van der Waals surface area contributed by atoms with Crippen molar-refractivity contribution in [2.45, 2.75) is 38.3 Å². The lowest BCUT2D eigenvalue weighted by atomic mass is 10.2. The van der Waals surface area contributed by atoms with Crippen molar-refractivity contribution in [3.8, 4) is 0 Å². The Morgan fingerprint density at radius 2 is 2.00 bits per heavy atom. The summed E-state index contributed by atoms with van der Waals surface area (Å²) < 4.78 is 0. The third-order valence-electron chi connectivity index (χ3n) is 3.16. The highest BCUT2D eigenvalue weighted by atomic mass is 32.1. The van der Waals surface area contributed by atoms with Crippen molar-refractivity contribution in [2.75, 3.05) is 6.54 Å². The van der Waals surface area contributed by atoms with Gasteiger partial charge in [-0.3, -0.25) is 4.90 Å². The van der Waals surface area contributed by atoms with E-state index in [1.54, 1.807) is 0 Å². The Hall–Kier alpha value is -0.930. The third-order valence-corrected chi connectivity index (χ3v) is 3.36. The minimum atomic E-state index is 0.639. The molecule has 0 unspecified atom stereocenters. The molecule has 0 aliphatic heterocycles. The molecule has 0 bridgehead atoms. The van der Waals surface area contributed by atoms with Crippen molar-refractivity contribution in [2.24, 2.45) is 5.73 Å². The zero-order valence-corrected chi connectivity index (χ0v) is 11.0. The van der Waals surface area contributed by atoms with Gasteiger partial charge in [0.1, 0.15) is 0 Å². The zero-order valence-electron chi connectivity index (χ0n) is 10.1. The molecule has 0 atom stereocenters. The molecule has 0 aromatic heterocycles. The number of benzene rings is 1. The average Bonchev–Trinajstić information content (AvgIpc) is 3.12. The highest BCUT2D eigenvalue weighted by Gasteiger charge is 2.28. The van der Waals surface area contributed by atoms with E-state index in [1.165, 1.54) is 18.4 Å². The minimum Gasteiger partial charge on any atom is -0.393 e. The van der Waals surface area contributed by atoms with Gasteiger partial charge in [0.15, 0.2) is 0 Å². The fourth-order valence-corrected chi connectivity index (χ4v) is 2.25. The van der Waals surface area contributed by atoms with Crippen molar-refractivity contribution in [1.82, 2.24) is 4.90 Å². The van der Waals surface area contributed by atoms with Crippen LogP contribution in [0.3, 0.4) is 0 Å². The number of nitrogens with zero attached hydrogens (tertiary/aromatic N) is 1. The smallest absolute Gasteiger partial charge is 0.0727 e. The van der Waals surface area contributed by atoms with Crippen LogP contribution >= 0.6 is 12.2 Å². The van der Waals surface area contributed by atoms with E-state index in [0.29, 0.717) is 4.99 Å². The van der Waals surface area contributed by atoms with Crippen LogP contribution in [0.25, 0.3) is 0 Å². The Labute approximate surface area is 109 Å². The topological polar surface area (TPSA) is 29.3 Å². The molecule has 2 rings (SSSR count). The fraction of sp³-hybridized carbons (Fsp3) is 0.500. The Morgan fingerprint density at radius 3 is 2.59 bits per heavy atom. The van der Waals surface area contributed by atoms with Gasteiger partial charge < -0.3 is 5.73 Å². The quantitative estimate of drug-likeness (QED) is 0.752. The van der Waals surface area contributed by atoms with Crippen LogP contribution in [0.4, 0.5) is 0 Å². The highest BCUT2D eigenvalue weighted by molar-refractivity contribution is 7.80. The van der Waals surface area contributed by atoms with Crippen LogP contribution in [0.15, 0.2) is 30.3 Å². The van der Waals surface area contributed by atoms with Crippen LogP contribution in [0, 0.1) is 0 Å². The SMILES string of the molecule is NC(=S)CCCN(Cc1ccccc1)C1CC1. The van der Waals surface area contributed by atoms with Crippen molar-refractivity contribution in [1.29, 1.82) is 0 Å². The van der Waals surface area contributed by atoms with E-state index < -0.39 is 0 Å². The second-order valence-electron chi connectivity index (χ2n) is 4.76. The van der Waals surface area contributed by atoms with Crippen LogP contribution in [-0.2, 0) is 6.54 Å². The summed E-state index contributed by atoms with van der Waals surface area (Å²) in [5.41, 5.74) is 6.93. The molecule has 3 heteroatoms. The van der Waals surface area contributed by atoms with Crippen LogP contribution < -0.4 is 5.73 Å². The second kappa shape index (κ2) is 6.12. The summed E-state index contributed by atoms with van der Waals surface area (Å²) in [6.07, 6.45) is 4.64. The van der Waals surface area contributed by atoms with Gasteiger partial charge in [-0.25, -0.2) is 0 Å². The van der Waals surface area contributed by atoms with Gasteiger partial charge in [0.05, 0.1) is 4.99 Å². The van der Waals surface area contributed by atoms with Crippen LogP contribution in [0.5, 0.6) is 0 Å². The van der Waals surface area contributed by atoms with E-state index in [0.717, 1.165) is 32.0 Å². The summed E-state index contributed by atoms with van der Waals surface area (Å²) in [7, 11) is 0. The first-order chi connectivity index (χ1) is 8.25. The van der Waals surface area contributed by atoms with E-state index in [4.69, 9.17) is 18.0 Å². The molecule has 1 saturated carbocycles. The van der Waals surface area contributed by atoms with Gasteiger partial charge >= 0.3 is 0 Å². The molecule has 1 aliphatic carbocycles. The van der Waals surface area contributed by atoms with E-state index in [2.05, 4.69) is 35.2 Å². The first-order valence-corrected chi connectivity index (χ1v) is 6.73. The van der Waals surface area contributed by atoms with Gasteiger partial charge in [-0.2, -0.15) is 0 Å². The summed E-state index contributed by atoms with van der Waals surface area (Å²) in [6, 6.07) is 11.5. The number of hydrogen-bond acceptors (Lipinski definition) is 2. The third kappa shape index (κ3) is 4.44. The predicted octanol–water partition coefficient (Wildman–Crippen LogP) is 2.72. The summed E-state index contributed by atoms with van der Waals surface area (Å²) in [5, 5.41) is 0. The minimum absolute atomic E-state index is 0.639. The fourth-order valence-electron chi connectivity index (χ4n) is 2.10. The highest BCUT2D eigenvalue weighted by Crippen LogP contribution is 2.28. The first-order valence-electron chi connectivity index (χ1n) is 6.32. The summed E-state index contributed by atoms with van der Waals surface area (Å²) in [6.45, 7) is 2.17. The number of thiocarbonyl (C=S) groups is 1. The van der Waals surface area contributed by atoms with Gasteiger partial charge in [-0.05, 0) is 37.8 Å². The predicted molar refractivity (Wildman–Crippen MR) is 75.9 cm³/mol. The molecule has 0 saturated heterocycles. The van der Waals surface area contributed by atoms with Crippen LogP contribution in [0.2, 0.25) is 0 Å². The van der Waals surface area contributed by atoms with Crippen LogP contribution in [-0.4, -0.2) is 22.5 Å². The summed E-state index contributed by atoms with van der Waals surface area (Å²) in [5.74, 6) is 0. The average molecular weight is 248 g/mol. The maximum atomic E-state index is 5.54. The monoisotopic (exact) mass is 248 g/mol. The lowest BCUT2D eigenvalue weighted by molar-refractivity contribution is 0.253. The zero-order chi connectivity index (χ0) is 12.1.